The van der Waals surface area contributed by atoms with Gasteiger partial charge in [0.25, 0.3) is 0 Å². The Kier molecular flexibility index (Phi) is 9.55. The molecule has 2 heteroatoms. The zero-order valence-corrected chi connectivity index (χ0v) is 41.3. The molecule has 73 heavy (non-hydrogen) atoms. The largest absolute Gasteiger partial charge is 0.310 e. The second-order valence-electron chi connectivity index (χ2n) is 21.6. The minimum atomic E-state index is -0.492. The number of fused-ring (bicyclic) bond motifs is 12. The highest BCUT2D eigenvalue weighted by molar-refractivity contribution is 6.09. The van der Waals surface area contributed by atoms with E-state index in [4.69, 9.17) is 0 Å². The minimum Gasteiger partial charge on any atom is -0.310 e. The van der Waals surface area contributed by atoms with E-state index >= 15 is 0 Å². The van der Waals surface area contributed by atoms with E-state index in [1.54, 1.807) is 11.1 Å². The lowest BCUT2D eigenvalue weighted by Gasteiger charge is -2.60. The summed E-state index contributed by atoms with van der Waals surface area (Å²) in [4.78, 5) is 2.55. The number of rotatable bonds is 6. The van der Waals surface area contributed by atoms with Gasteiger partial charge in [-0.2, -0.15) is 0 Å². The van der Waals surface area contributed by atoms with Crippen LogP contribution in [0.4, 0.5) is 17.1 Å². The van der Waals surface area contributed by atoms with Crippen molar-refractivity contribution in [1.82, 2.24) is 4.57 Å². The van der Waals surface area contributed by atoms with E-state index in [0.29, 0.717) is 11.8 Å². The Morgan fingerprint density at radius 3 is 1.62 bits per heavy atom. The van der Waals surface area contributed by atoms with Crippen LogP contribution in [0.1, 0.15) is 72.4 Å². The first-order valence-electron chi connectivity index (χ1n) is 26.7. The summed E-state index contributed by atoms with van der Waals surface area (Å²) in [5, 5.41) is 2.54. The molecule has 2 fully saturated rings. The topological polar surface area (TPSA) is 8.17 Å². The van der Waals surface area contributed by atoms with Crippen LogP contribution in [0.3, 0.4) is 0 Å². The van der Waals surface area contributed by atoms with Gasteiger partial charge in [0.1, 0.15) is 0 Å². The lowest BCUT2D eigenvalue weighted by Crippen LogP contribution is -2.55. The van der Waals surface area contributed by atoms with E-state index in [1.807, 2.05) is 0 Å². The van der Waals surface area contributed by atoms with Gasteiger partial charge in [0.15, 0.2) is 0 Å². The third kappa shape index (κ3) is 6.04. The molecule has 0 radical (unpaired) electrons. The fourth-order valence-electron chi connectivity index (χ4n) is 15.4. The van der Waals surface area contributed by atoms with Gasteiger partial charge in [-0.25, -0.2) is 0 Å². The molecule has 2 saturated carbocycles. The number of aromatic nitrogens is 1. The fraction of sp³-hybridized carbons (Fsp3) is 0.155. The summed E-state index contributed by atoms with van der Waals surface area (Å²) in [7, 11) is 0. The van der Waals surface area contributed by atoms with Crippen LogP contribution in [-0.4, -0.2) is 4.57 Å². The Morgan fingerprint density at radius 1 is 0.397 bits per heavy atom. The monoisotopic (exact) mass is 936 g/mol. The molecular weight excluding hydrogens is 881 g/mol. The average molecular weight is 937 g/mol. The maximum Gasteiger partial charge on any atom is 0.0720 e. The molecule has 0 saturated heterocycles. The number of benzene rings is 10. The third-order valence-electron chi connectivity index (χ3n) is 18.0. The summed E-state index contributed by atoms with van der Waals surface area (Å²) in [5.41, 5.74) is 22.8. The maximum absolute atomic E-state index is 2.66. The van der Waals surface area contributed by atoms with Crippen molar-refractivity contribution in [2.75, 3.05) is 4.90 Å². The number of nitrogens with zero attached hydrogens (tertiary/aromatic N) is 2. The fourth-order valence-corrected chi connectivity index (χ4v) is 15.4. The van der Waals surface area contributed by atoms with Crippen molar-refractivity contribution in [3.05, 3.63) is 276 Å². The maximum atomic E-state index is 2.66. The standard InChI is InChI=1S/C71H56N2/c1-47-43-51-22-18-23-52(44-47)70(51)63-32-12-13-33-64(63)71(61-30-10-5-26-57(61)58-27-6-11-31-62(58)71)66-46-55(41-42-65(66)70)72(67-34-14-7-25-56(67)49-19-3-2-4-20-49)53-39-37-48(38-40-53)50-21-17-24-54(45-50)73-68-35-15-8-28-59(68)60-29-9-16-36-69(60)73/h2-17,19-21,24-42,45-47,51-52H,18,22-23,43-44H2,1H3/t47?,51-,52-,70?/m1/s1. The van der Waals surface area contributed by atoms with E-state index in [1.165, 1.54) is 115 Å². The molecule has 4 aliphatic carbocycles. The minimum absolute atomic E-state index is 0.0604. The molecule has 10 aromatic carbocycles. The molecule has 2 nitrogen and oxygen atoms in total. The molecule has 4 aliphatic rings. The summed E-state index contributed by atoms with van der Waals surface area (Å²) in [5.74, 6) is 1.89. The van der Waals surface area contributed by atoms with Crippen LogP contribution in [-0.2, 0) is 10.8 Å². The first kappa shape index (κ1) is 42.5. The molecular formula is C71H56N2. The molecule has 0 amide bonds. The highest BCUT2D eigenvalue weighted by Gasteiger charge is 2.62. The van der Waals surface area contributed by atoms with Crippen LogP contribution in [0, 0.1) is 17.8 Å². The Bertz CT molecular complexity index is 3840. The van der Waals surface area contributed by atoms with Crippen molar-refractivity contribution in [2.24, 2.45) is 17.8 Å². The second-order valence-corrected chi connectivity index (χ2v) is 21.6. The van der Waals surface area contributed by atoms with Gasteiger partial charge in [0, 0.05) is 38.8 Å². The van der Waals surface area contributed by atoms with Gasteiger partial charge >= 0.3 is 0 Å². The predicted octanol–water partition coefficient (Wildman–Crippen LogP) is 18.4. The first-order chi connectivity index (χ1) is 36.1. The van der Waals surface area contributed by atoms with Crippen LogP contribution in [0.15, 0.2) is 243 Å². The number of anilines is 3. The third-order valence-corrected chi connectivity index (χ3v) is 18.0. The second kappa shape index (κ2) is 16.4. The molecule has 11 aromatic rings. The van der Waals surface area contributed by atoms with Crippen molar-refractivity contribution < 1.29 is 0 Å². The summed E-state index contributed by atoms with van der Waals surface area (Å²) in [6.07, 6.45) is 6.43. The van der Waals surface area contributed by atoms with E-state index < -0.39 is 5.41 Å². The van der Waals surface area contributed by atoms with Gasteiger partial charge in [-0.15, -0.1) is 0 Å². The van der Waals surface area contributed by atoms with Gasteiger partial charge in [0.05, 0.1) is 22.1 Å². The average Bonchev–Trinajstić information content (AvgIpc) is 3.94. The van der Waals surface area contributed by atoms with Crippen molar-refractivity contribution in [3.63, 3.8) is 0 Å². The van der Waals surface area contributed by atoms with E-state index in [2.05, 4.69) is 259 Å². The van der Waals surface area contributed by atoms with E-state index in [-0.39, 0.29) is 5.41 Å². The normalized spacial score (nSPS) is 19.9. The quantitative estimate of drug-likeness (QED) is 0.161. The van der Waals surface area contributed by atoms with Crippen molar-refractivity contribution in [1.29, 1.82) is 0 Å². The van der Waals surface area contributed by atoms with E-state index in [0.717, 1.165) is 23.0 Å². The lowest BCUT2D eigenvalue weighted by atomic mass is 9.42. The smallest absolute Gasteiger partial charge is 0.0720 e. The van der Waals surface area contributed by atoms with Crippen LogP contribution < -0.4 is 4.90 Å². The van der Waals surface area contributed by atoms with Gasteiger partial charge in [-0.05, 0) is 159 Å². The molecule has 1 aromatic heterocycles. The van der Waals surface area contributed by atoms with Crippen molar-refractivity contribution in [3.8, 4) is 39.1 Å². The Balaban J connectivity index is 0.956. The first-order valence-corrected chi connectivity index (χ1v) is 26.7. The molecule has 1 heterocycles. The Labute approximate surface area is 428 Å². The number of hydrogen-bond acceptors (Lipinski definition) is 1. The number of hydrogen-bond donors (Lipinski definition) is 0. The predicted molar refractivity (Wildman–Crippen MR) is 304 cm³/mol. The molecule has 0 unspecified atom stereocenters. The van der Waals surface area contributed by atoms with E-state index in [9.17, 15) is 0 Å². The summed E-state index contributed by atoms with van der Waals surface area (Å²) < 4.78 is 2.42. The molecule has 350 valence electrons. The SMILES string of the molecule is CC1C[C@H]2CCC[C@H](C1)C21c2ccccc2C2(c3ccccc3-c3ccccc32)c2cc(N(c3ccc(-c4cccc(-n5c6ccccc6c6ccccc65)c4)cc3)c3ccccc3-c3ccccc3)ccc21. The Morgan fingerprint density at radius 2 is 0.932 bits per heavy atom. The van der Waals surface area contributed by atoms with Gasteiger partial charge in [0.2, 0.25) is 0 Å². The summed E-state index contributed by atoms with van der Waals surface area (Å²) >= 11 is 0. The summed E-state index contributed by atoms with van der Waals surface area (Å²) in [6.45, 7) is 2.53. The zero-order chi connectivity index (χ0) is 48.3. The van der Waals surface area contributed by atoms with Gasteiger partial charge in [-0.1, -0.05) is 201 Å². The van der Waals surface area contributed by atoms with Crippen molar-refractivity contribution in [2.45, 2.75) is 49.9 Å². The molecule has 0 aliphatic heterocycles. The molecule has 2 spiro atoms. The molecule has 2 atom stereocenters. The van der Waals surface area contributed by atoms with Crippen LogP contribution in [0.25, 0.3) is 60.9 Å². The van der Waals surface area contributed by atoms with Crippen LogP contribution in [0.2, 0.25) is 0 Å². The highest BCUT2D eigenvalue weighted by atomic mass is 15.1. The summed E-state index contributed by atoms with van der Waals surface area (Å²) in [6, 6.07) is 92.1. The lowest BCUT2D eigenvalue weighted by molar-refractivity contribution is 0.0495. The highest BCUT2D eigenvalue weighted by Crippen LogP contribution is 2.69. The van der Waals surface area contributed by atoms with Crippen molar-refractivity contribution >= 4 is 38.9 Å². The molecule has 2 bridgehead atoms. The zero-order valence-electron chi connectivity index (χ0n) is 41.3. The molecule has 0 N–H and O–H groups in total. The molecule has 15 rings (SSSR count). The number of para-hydroxylation sites is 3. The van der Waals surface area contributed by atoms with Gasteiger partial charge in [-0.3, -0.25) is 0 Å². The van der Waals surface area contributed by atoms with Gasteiger partial charge < -0.3 is 9.47 Å². The Hall–Kier alpha value is -8.20. The van der Waals surface area contributed by atoms with Crippen LogP contribution >= 0.6 is 0 Å². The van der Waals surface area contributed by atoms with Crippen LogP contribution in [0.5, 0.6) is 0 Å².